The predicted molar refractivity (Wildman–Crippen MR) is 158 cm³/mol. The van der Waals surface area contributed by atoms with E-state index in [1.54, 1.807) is 0 Å². The first kappa shape index (κ1) is 22.3. The van der Waals surface area contributed by atoms with Gasteiger partial charge in [-0.2, -0.15) is 10.2 Å². The molecule has 0 unspecified atom stereocenters. The molecule has 0 spiro atoms. The molecule has 0 fully saturated rings. The third-order valence-electron chi connectivity index (χ3n) is 9.97. The van der Waals surface area contributed by atoms with Gasteiger partial charge in [0.25, 0.3) is 11.1 Å². The number of hydrogen-bond acceptors (Lipinski definition) is 4. The van der Waals surface area contributed by atoms with Gasteiger partial charge in [-0.05, 0) is 44.5 Å². The van der Waals surface area contributed by atoms with Crippen LogP contribution in [0.25, 0.3) is 11.4 Å². The van der Waals surface area contributed by atoms with Crippen molar-refractivity contribution in [1.29, 1.82) is 0 Å². The molecule has 2 heterocycles. The van der Waals surface area contributed by atoms with E-state index in [-0.39, 0.29) is 34.8 Å². The van der Waals surface area contributed by atoms with Crippen molar-refractivity contribution in [3.05, 3.63) is 185 Å². The number of aromatic amines is 2. The normalized spacial score (nSPS) is 21.0. The summed E-state index contributed by atoms with van der Waals surface area (Å²) in [6.45, 7) is 0. The molecule has 6 aliphatic rings. The van der Waals surface area contributed by atoms with Crippen LogP contribution in [-0.4, -0.2) is 20.4 Å². The number of benzene rings is 4. The van der Waals surface area contributed by atoms with Gasteiger partial charge in [-0.25, -0.2) is 10.2 Å². The van der Waals surface area contributed by atoms with Crippen molar-refractivity contribution in [3.63, 3.8) is 0 Å². The topological polar surface area (TPSA) is 91.5 Å². The van der Waals surface area contributed by atoms with Crippen LogP contribution >= 0.6 is 0 Å². The van der Waals surface area contributed by atoms with Crippen LogP contribution in [0.1, 0.15) is 90.4 Å². The van der Waals surface area contributed by atoms with E-state index in [0.29, 0.717) is 11.4 Å². The number of nitrogens with one attached hydrogen (secondary N) is 2. The Kier molecular flexibility index (Phi) is 4.08. The fraction of sp³-hybridized carbons (Fsp3) is 0.111. The molecule has 0 amide bonds. The van der Waals surface area contributed by atoms with Gasteiger partial charge in [0, 0.05) is 45.9 Å². The van der Waals surface area contributed by atoms with Crippen LogP contribution in [0.15, 0.2) is 107 Å². The van der Waals surface area contributed by atoms with E-state index in [2.05, 4.69) is 83.0 Å². The molecule has 6 aliphatic carbocycles. The Morgan fingerprint density at radius 3 is 0.881 bits per heavy atom. The monoisotopic (exact) mass is 542 g/mol. The van der Waals surface area contributed by atoms with E-state index < -0.39 is 0 Å². The lowest BCUT2D eigenvalue weighted by molar-refractivity contribution is 0.709. The van der Waals surface area contributed by atoms with Crippen molar-refractivity contribution in [2.45, 2.75) is 23.7 Å². The highest BCUT2D eigenvalue weighted by Gasteiger charge is 2.48. The molecule has 2 N–H and O–H groups in total. The largest absolute Gasteiger partial charge is 0.268 e. The number of rotatable bonds is 1. The van der Waals surface area contributed by atoms with Gasteiger partial charge in [0.15, 0.2) is 0 Å². The van der Waals surface area contributed by atoms with Crippen molar-refractivity contribution in [3.8, 4) is 11.4 Å². The van der Waals surface area contributed by atoms with Crippen LogP contribution in [-0.2, 0) is 0 Å². The molecule has 12 rings (SSSR count). The molecule has 6 nitrogen and oxygen atoms in total. The van der Waals surface area contributed by atoms with Gasteiger partial charge in [-0.15, -0.1) is 0 Å². The van der Waals surface area contributed by atoms with Gasteiger partial charge in [-0.1, -0.05) is 97.1 Å². The standard InChI is InChI=1S/C36H22N4O2/c41-35-31-27-21-13-5-1-9-17(21)25(18-10-2-6-14-22(18)27)29(31)33(37-39-35)34-30-26-19-11-3-7-15-23(19)28(32(30)36(42)40-38-34)24-16-8-4-12-20(24)26/h1-16,25-28H,(H,39,41)(H,40,42). The summed E-state index contributed by atoms with van der Waals surface area (Å²) >= 11 is 0. The average Bonchev–Trinajstić information content (AvgIpc) is 3.05. The Balaban J connectivity index is 1.31. The summed E-state index contributed by atoms with van der Waals surface area (Å²) in [5, 5.41) is 15.2. The zero-order valence-corrected chi connectivity index (χ0v) is 22.3. The first-order valence-electron chi connectivity index (χ1n) is 14.3. The molecule has 6 heteroatoms. The highest BCUT2D eigenvalue weighted by molar-refractivity contribution is 5.79. The quantitative estimate of drug-likeness (QED) is 0.287. The maximum atomic E-state index is 13.7. The smallest absolute Gasteiger partial charge is 0.268 e. The summed E-state index contributed by atoms with van der Waals surface area (Å²) in [6, 6.07) is 33.7. The molecular weight excluding hydrogens is 520 g/mol. The fourth-order valence-electron chi connectivity index (χ4n) is 8.53. The van der Waals surface area contributed by atoms with Gasteiger partial charge in [-0.3, -0.25) is 9.59 Å². The van der Waals surface area contributed by atoms with Crippen LogP contribution < -0.4 is 11.1 Å². The Hall–Kier alpha value is -5.36. The van der Waals surface area contributed by atoms with Crippen molar-refractivity contribution in [1.82, 2.24) is 20.4 Å². The predicted octanol–water partition coefficient (Wildman–Crippen LogP) is 5.49. The zero-order chi connectivity index (χ0) is 27.7. The van der Waals surface area contributed by atoms with Gasteiger partial charge < -0.3 is 0 Å². The minimum absolute atomic E-state index is 0.160. The van der Waals surface area contributed by atoms with E-state index in [9.17, 15) is 9.59 Å². The Labute approximate surface area is 239 Å². The third kappa shape index (κ3) is 2.52. The summed E-state index contributed by atoms with van der Waals surface area (Å²) in [4.78, 5) is 27.3. The van der Waals surface area contributed by atoms with E-state index in [1.165, 1.54) is 22.3 Å². The van der Waals surface area contributed by atoms with Crippen LogP contribution in [0.4, 0.5) is 0 Å². The summed E-state index contributed by atoms with van der Waals surface area (Å²) in [5.74, 6) is -0.711. The van der Waals surface area contributed by atoms with Crippen LogP contribution in [0, 0.1) is 0 Å². The molecule has 0 radical (unpaired) electrons. The van der Waals surface area contributed by atoms with Crippen LogP contribution in [0.3, 0.4) is 0 Å². The number of H-pyrrole nitrogens is 2. The fourth-order valence-corrected chi connectivity index (χ4v) is 8.53. The molecule has 2 aromatic heterocycles. The van der Waals surface area contributed by atoms with Crippen molar-refractivity contribution >= 4 is 0 Å². The zero-order valence-electron chi connectivity index (χ0n) is 22.3. The minimum Gasteiger partial charge on any atom is -0.268 e. The molecule has 4 aromatic carbocycles. The molecule has 6 aromatic rings. The number of hydrogen-bond donors (Lipinski definition) is 2. The molecule has 198 valence electrons. The SMILES string of the molecule is O=c1[nH]nc(-c2n[nH]c(=O)c3c2C2c4ccccc4C3c3ccccc32)c2c1C1c3ccccc3C2c2ccccc21. The van der Waals surface area contributed by atoms with E-state index in [1.807, 2.05) is 24.3 Å². The minimum atomic E-state index is -0.195. The molecule has 0 saturated carbocycles. The van der Waals surface area contributed by atoms with Crippen LogP contribution in [0.2, 0.25) is 0 Å². The molecule has 0 aliphatic heterocycles. The second kappa shape index (κ2) is 7.68. The van der Waals surface area contributed by atoms with Crippen molar-refractivity contribution in [2.24, 2.45) is 0 Å². The summed E-state index contributed by atoms with van der Waals surface area (Å²) < 4.78 is 0. The second-order valence-electron chi connectivity index (χ2n) is 11.7. The lowest BCUT2D eigenvalue weighted by Crippen LogP contribution is -2.37. The summed E-state index contributed by atoms with van der Waals surface area (Å²) in [5.41, 5.74) is 13.6. The molecular formula is C36H22N4O2. The molecule has 0 atom stereocenters. The molecule has 4 bridgehead atoms. The van der Waals surface area contributed by atoms with Gasteiger partial charge in [0.1, 0.15) is 11.4 Å². The highest BCUT2D eigenvalue weighted by Crippen LogP contribution is 2.59. The Bertz CT molecular complexity index is 2040. The number of aromatic nitrogens is 4. The van der Waals surface area contributed by atoms with Gasteiger partial charge in [0.2, 0.25) is 0 Å². The first-order valence-corrected chi connectivity index (χ1v) is 14.3. The highest BCUT2D eigenvalue weighted by atomic mass is 16.1. The third-order valence-corrected chi connectivity index (χ3v) is 9.97. The maximum absolute atomic E-state index is 13.7. The van der Waals surface area contributed by atoms with Gasteiger partial charge >= 0.3 is 0 Å². The average molecular weight is 543 g/mol. The van der Waals surface area contributed by atoms with E-state index >= 15 is 0 Å². The maximum Gasteiger partial charge on any atom is 0.268 e. The number of nitrogens with zero attached hydrogens (tertiary/aromatic N) is 2. The van der Waals surface area contributed by atoms with E-state index in [4.69, 9.17) is 10.2 Å². The summed E-state index contributed by atoms with van der Waals surface area (Å²) in [7, 11) is 0. The first-order chi connectivity index (χ1) is 20.7. The Morgan fingerprint density at radius 1 is 0.381 bits per heavy atom. The lowest BCUT2D eigenvalue weighted by atomic mass is 9.59. The second-order valence-corrected chi connectivity index (χ2v) is 11.7. The van der Waals surface area contributed by atoms with Crippen molar-refractivity contribution < 1.29 is 0 Å². The van der Waals surface area contributed by atoms with Crippen molar-refractivity contribution in [2.75, 3.05) is 0 Å². The Morgan fingerprint density at radius 2 is 0.619 bits per heavy atom. The molecule has 0 saturated heterocycles. The van der Waals surface area contributed by atoms with Crippen LogP contribution in [0.5, 0.6) is 0 Å². The summed E-state index contributed by atoms with van der Waals surface area (Å²) in [6.07, 6.45) is 0. The van der Waals surface area contributed by atoms with E-state index in [0.717, 1.165) is 44.5 Å². The molecule has 42 heavy (non-hydrogen) atoms. The van der Waals surface area contributed by atoms with Gasteiger partial charge in [0.05, 0.1) is 0 Å². The lowest BCUT2D eigenvalue weighted by Gasteiger charge is -2.43.